The Morgan fingerprint density at radius 2 is 1.88 bits per heavy atom. The fourth-order valence-electron chi connectivity index (χ4n) is 2.40. The summed E-state index contributed by atoms with van der Waals surface area (Å²) in [5, 5.41) is 13.3. The molecule has 0 saturated heterocycles. The van der Waals surface area contributed by atoms with Gasteiger partial charge >= 0.3 is 0 Å². The summed E-state index contributed by atoms with van der Waals surface area (Å²) in [6.07, 6.45) is 5.42. The van der Waals surface area contributed by atoms with Crippen molar-refractivity contribution in [2.75, 3.05) is 6.54 Å². The Morgan fingerprint density at radius 3 is 2.62 bits per heavy atom. The first-order chi connectivity index (χ1) is 7.86. The minimum Gasteiger partial charge on any atom is -0.392 e. The largest absolute Gasteiger partial charge is 0.392 e. The minimum absolute atomic E-state index is 0.135. The van der Waals surface area contributed by atoms with E-state index in [1.165, 1.54) is 18.4 Å². The van der Waals surface area contributed by atoms with Crippen molar-refractivity contribution in [2.45, 2.75) is 44.2 Å². The minimum atomic E-state index is -0.135. The molecular formula is C14H21NO. The summed E-state index contributed by atoms with van der Waals surface area (Å²) in [4.78, 5) is 0. The maximum absolute atomic E-state index is 9.80. The molecule has 0 heterocycles. The molecule has 0 amide bonds. The fourth-order valence-corrected chi connectivity index (χ4v) is 2.40. The number of hydrogen-bond acceptors (Lipinski definition) is 2. The summed E-state index contributed by atoms with van der Waals surface area (Å²) in [5.41, 5.74) is 1.36. The van der Waals surface area contributed by atoms with Crippen LogP contribution in [0.4, 0.5) is 0 Å². The smallest absolute Gasteiger partial charge is 0.0693 e. The van der Waals surface area contributed by atoms with E-state index in [9.17, 15) is 5.11 Å². The van der Waals surface area contributed by atoms with Crippen LogP contribution in [0.1, 0.15) is 31.2 Å². The highest BCUT2D eigenvalue weighted by Crippen LogP contribution is 2.18. The highest BCUT2D eigenvalue weighted by molar-refractivity contribution is 5.14. The van der Waals surface area contributed by atoms with Crippen molar-refractivity contribution in [3.63, 3.8) is 0 Å². The third kappa shape index (κ3) is 3.32. The second-order valence-electron chi connectivity index (χ2n) is 4.65. The van der Waals surface area contributed by atoms with Gasteiger partial charge in [-0.2, -0.15) is 0 Å². The molecule has 1 aliphatic carbocycles. The Bertz CT molecular complexity index is 299. The lowest BCUT2D eigenvalue weighted by Crippen LogP contribution is -2.42. The lowest BCUT2D eigenvalue weighted by Gasteiger charge is -2.28. The maximum Gasteiger partial charge on any atom is 0.0693 e. The van der Waals surface area contributed by atoms with E-state index in [1.54, 1.807) is 0 Å². The molecule has 0 spiro atoms. The number of hydrogen-bond donors (Lipinski definition) is 2. The van der Waals surface area contributed by atoms with E-state index in [0.717, 1.165) is 25.8 Å². The third-order valence-electron chi connectivity index (χ3n) is 3.39. The van der Waals surface area contributed by atoms with Crippen molar-refractivity contribution < 1.29 is 5.11 Å². The SMILES string of the molecule is O[C@H]1CCCC[C@@H]1NCCc1ccccc1. The molecule has 0 bridgehead atoms. The molecule has 0 aliphatic heterocycles. The van der Waals surface area contributed by atoms with Crippen LogP contribution in [-0.2, 0) is 6.42 Å². The van der Waals surface area contributed by atoms with Crippen molar-refractivity contribution in [3.8, 4) is 0 Å². The van der Waals surface area contributed by atoms with Crippen LogP contribution >= 0.6 is 0 Å². The predicted molar refractivity (Wildman–Crippen MR) is 66.4 cm³/mol. The lowest BCUT2D eigenvalue weighted by atomic mass is 9.92. The first-order valence-corrected chi connectivity index (χ1v) is 6.31. The molecule has 0 unspecified atom stereocenters. The molecule has 2 rings (SSSR count). The van der Waals surface area contributed by atoms with Gasteiger partial charge in [-0.1, -0.05) is 43.2 Å². The van der Waals surface area contributed by atoms with Gasteiger partial charge in [-0.05, 0) is 31.4 Å². The molecule has 0 radical (unpaired) electrons. The lowest BCUT2D eigenvalue weighted by molar-refractivity contribution is 0.0914. The Morgan fingerprint density at radius 1 is 1.12 bits per heavy atom. The molecule has 1 fully saturated rings. The summed E-state index contributed by atoms with van der Waals surface area (Å²) < 4.78 is 0. The van der Waals surface area contributed by atoms with Gasteiger partial charge in [-0.3, -0.25) is 0 Å². The normalized spacial score (nSPS) is 25.6. The monoisotopic (exact) mass is 219 g/mol. The van der Waals surface area contributed by atoms with E-state index >= 15 is 0 Å². The van der Waals surface area contributed by atoms with Gasteiger partial charge in [-0.15, -0.1) is 0 Å². The Kier molecular flexibility index (Phi) is 4.37. The molecule has 1 aromatic carbocycles. The number of aliphatic hydroxyl groups excluding tert-OH is 1. The fraction of sp³-hybridized carbons (Fsp3) is 0.571. The van der Waals surface area contributed by atoms with E-state index in [-0.39, 0.29) is 6.10 Å². The summed E-state index contributed by atoms with van der Waals surface area (Å²) in [7, 11) is 0. The van der Waals surface area contributed by atoms with E-state index in [2.05, 4.69) is 29.6 Å². The van der Waals surface area contributed by atoms with Crippen LogP contribution < -0.4 is 5.32 Å². The van der Waals surface area contributed by atoms with Crippen molar-refractivity contribution in [2.24, 2.45) is 0 Å². The van der Waals surface area contributed by atoms with Gasteiger partial charge in [-0.25, -0.2) is 0 Å². The predicted octanol–water partition coefficient (Wildman–Crippen LogP) is 2.12. The Hall–Kier alpha value is -0.860. The zero-order valence-corrected chi connectivity index (χ0v) is 9.73. The molecular weight excluding hydrogens is 198 g/mol. The summed E-state index contributed by atoms with van der Waals surface area (Å²) in [5.74, 6) is 0. The van der Waals surface area contributed by atoms with Gasteiger partial charge in [0.25, 0.3) is 0 Å². The van der Waals surface area contributed by atoms with E-state index in [4.69, 9.17) is 0 Å². The maximum atomic E-state index is 9.80. The molecule has 1 saturated carbocycles. The summed E-state index contributed by atoms with van der Waals surface area (Å²) in [6.45, 7) is 0.964. The van der Waals surface area contributed by atoms with E-state index in [0.29, 0.717) is 6.04 Å². The average molecular weight is 219 g/mol. The zero-order valence-electron chi connectivity index (χ0n) is 9.73. The first kappa shape index (κ1) is 11.6. The van der Waals surface area contributed by atoms with Crippen molar-refractivity contribution in [1.82, 2.24) is 5.32 Å². The second kappa shape index (κ2) is 6.02. The Balaban J connectivity index is 1.71. The first-order valence-electron chi connectivity index (χ1n) is 6.31. The molecule has 0 aromatic heterocycles. The molecule has 2 N–H and O–H groups in total. The quantitative estimate of drug-likeness (QED) is 0.813. The standard InChI is InChI=1S/C14H21NO/c16-14-9-5-4-8-13(14)15-11-10-12-6-2-1-3-7-12/h1-3,6-7,13-16H,4-5,8-11H2/t13-,14-/m0/s1. The van der Waals surface area contributed by atoms with Crippen molar-refractivity contribution in [1.29, 1.82) is 0 Å². The van der Waals surface area contributed by atoms with Crippen LogP contribution in [0.3, 0.4) is 0 Å². The van der Waals surface area contributed by atoms with Gasteiger partial charge in [0.1, 0.15) is 0 Å². The van der Waals surface area contributed by atoms with Gasteiger partial charge in [0, 0.05) is 6.04 Å². The van der Waals surface area contributed by atoms with Gasteiger partial charge in [0.05, 0.1) is 6.10 Å². The summed E-state index contributed by atoms with van der Waals surface area (Å²) in [6, 6.07) is 10.8. The Labute approximate surface area is 97.7 Å². The highest BCUT2D eigenvalue weighted by atomic mass is 16.3. The average Bonchev–Trinajstić information content (AvgIpc) is 2.33. The van der Waals surface area contributed by atoms with Gasteiger partial charge in [0.2, 0.25) is 0 Å². The molecule has 1 aromatic rings. The molecule has 2 heteroatoms. The molecule has 1 aliphatic rings. The van der Waals surface area contributed by atoms with Crippen LogP contribution in [0, 0.1) is 0 Å². The van der Waals surface area contributed by atoms with Crippen molar-refractivity contribution >= 4 is 0 Å². The summed E-state index contributed by atoms with van der Waals surface area (Å²) >= 11 is 0. The molecule has 2 nitrogen and oxygen atoms in total. The van der Waals surface area contributed by atoms with Crippen LogP contribution in [0.5, 0.6) is 0 Å². The topological polar surface area (TPSA) is 32.3 Å². The number of rotatable bonds is 4. The van der Waals surface area contributed by atoms with E-state index < -0.39 is 0 Å². The number of nitrogens with one attached hydrogen (secondary N) is 1. The van der Waals surface area contributed by atoms with Crippen LogP contribution in [0.15, 0.2) is 30.3 Å². The second-order valence-corrected chi connectivity index (χ2v) is 4.65. The van der Waals surface area contributed by atoms with Crippen LogP contribution in [-0.4, -0.2) is 23.8 Å². The third-order valence-corrected chi connectivity index (χ3v) is 3.39. The van der Waals surface area contributed by atoms with Crippen LogP contribution in [0.25, 0.3) is 0 Å². The van der Waals surface area contributed by atoms with Gasteiger partial charge in [0.15, 0.2) is 0 Å². The molecule has 88 valence electrons. The molecule has 16 heavy (non-hydrogen) atoms. The van der Waals surface area contributed by atoms with Gasteiger partial charge < -0.3 is 10.4 Å². The number of benzene rings is 1. The zero-order chi connectivity index (χ0) is 11.2. The highest BCUT2D eigenvalue weighted by Gasteiger charge is 2.21. The van der Waals surface area contributed by atoms with Crippen molar-refractivity contribution in [3.05, 3.63) is 35.9 Å². The van der Waals surface area contributed by atoms with Crippen LogP contribution in [0.2, 0.25) is 0 Å². The molecule has 2 atom stereocenters. The number of aliphatic hydroxyl groups is 1. The van der Waals surface area contributed by atoms with E-state index in [1.807, 2.05) is 6.07 Å².